The minimum atomic E-state index is -1.42. The molecule has 3 atom stereocenters. The highest BCUT2D eigenvalue weighted by molar-refractivity contribution is 5.81. The number of carbonyl (C=O) groups excluding carboxylic acids is 1. The maximum Gasteiger partial charge on any atom is 0.339 e. The van der Waals surface area contributed by atoms with Crippen LogP contribution in [0.5, 0.6) is 0 Å². The van der Waals surface area contributed by atoms with Gasteiger partial charge in [0.25, 0.3) is 0 Å². The lowest BCUT2D eigenvalue weighted by atomic mass is 9.90. The van der Waals surface area contributed by atoms with Crippen LogP contribution in [0.4, 0.5) is 0 Å². The molecule has 120 valence electrons. The maximum atomic E-state index is 12.4. The van der Waals surface area contributed by atoms with Crippen LogP contribution in [-0.2, 0) is 9.53 Å². The van der Waals surface area contributed by atoms with Gasteiger partial charge in [0.1, 0.15) is 0 Å². The molecule has 0 heterocycles. The van der Waals surface area contributed by atoms with Crippen molar-refractivity contribution in [3.05, 3.63) is 48.0 Å². The Morgan fingerprint density at radius 3 is 2.68 bits per heavy atom. The number of hydrogen-bond donors (Lipinski definition) is 1. The molecule has 0 bridgehead atoms. The van der Waals surface area contributed by atoms with Crippen LogP contribution in [0.15, 0.2) is 42.5 Å². The van der Waals surface area contributed by atoms with Crippen molar-refractivity contribution in [1.29, 1.82) is 0 Å². The summed E-state index contributed by atoms with van der Waals surface area (Å²) in [6.07, 6.45) is 5.85. The summed E-state index contributed by atoms with van der Waals surface area (Å²) in [6.45, 7) is 5.66. The van der Waals surface area contributed by atoms with E-state index in [0.717, 1.165) is 12.8 Å². The van der Waals surface area contributed by atoms with Crippen LogP contribution in [0.2, 0.25) is 0 Å². The van der Waals surface area contributed by atoms with Crippen LogP contribution in [0.25, 0.3) is 0 Å². The molecule has 0 saturated heterocycles. The predicted octanol–water partition coefficient (Wildman–Crippen LogP) is 3.83. The zero-order chi connectivity index (χ0) is 16.2. The summed E-state index contributed by atoms with van der Waals surface area (Å²) < 4.78 is 5.31. The molecule has 0 aromatic heterocycles. The van der Waals surface area contributed by atoms with Crippen molar-refractivity contribution in [1.82, 2.24) is 0 Å². The van der Waals surface area contributed by atoms with Crippen LogP contribution >= 0.6 is 0 Å². The standard InChI is InChI=1S/C19H26O3/c1-4-5-11-17-12-16(15-9-7-6-8-10-15)13-19(17,21)18(20)22-14(2)3/h5-11,14,16-17,21H,4,12-13H2,1-3H3/b11-5+/t16?,17-,19+/m1/s1. The van der Waals surface area contributed by atoms with Gasteiger partial charge in [-0.1, -0.05) is 49.4 Å². The average molecular weight is 302 g/mol. The summed E-state index contributed by atoms with van der Waals surface area (Å²) in [7, 11) is 0. The Bertz CT molecular complexity index is 521. The van der Waals surface area contributed by atoms with Crippen LogP contribution in [0.1, 0.15) is 51.5 Å². The van der Waals surface area contributed by atoms with Gasteiger partial charge in [-0.05, 0) is 44.6 Å². The second-order valence-corrected chi connectivity index (χ2v) is 6.37. The lowest BCUT2D eigenvalue weighted by Gasteiger charge is -2.27. The molecule has 0 aliphatic heterocycles. The average Bonchev–Trinajstić information content (AvgIpc) is 2.84. The van der Waals surface area contributed by atoms with Crippen molar-refractivity contribution in [2.45, 2.75) is 57.7 Å². The Labute approximate surface area is 133 Å². The summed E-state index contributed by atoms with van der Waals surface area (Å²) >= 11 is 0. The summed E-state index contributed by atoms with van der Waals surface area (Å²) in [5.74, 6) is -0.506. The second-order valence-electron chi connectivity index (χ2n) is 6.37. The monoisotopic (exact) mass is 302 g/mol. The highest BCUT2D eigenvalue weighted by atomic mass is 16.6. The molecule has 1 aromatic rings. The molecule has 1 saturated carbocycles. The van der Waals surface area contributed by atoms with Gasteiger partial charge in [-0.15, -0.1) is 0 Å². The molecule has 1 unspecified atom stereocenters. The third-order valence-corrected chi connectivity index (χ3v) is 4.28. The first-order valence-corrected chi connectivity index (χ1v) is 8.12. The zero-order valence-corrected chi connectivity index (χ0v) is 13.7. The summed E-state index contributed by atoms with van der Waals surface area (Å²) in [5.41, 5.74) is -0.248. The summed E-state index contributed by atoms with van der Waals surface area (Å²) in [6, 6.07) is 10.1. The minimum absolute atomic E-state index is 0.178. The number of ether oxygens (including phenoxy) is 1. The second kappa shape index (κ2) is 7.10. The third-order valence-electron chi connectivity index (χ3n) is 4.28. The van der Waals surface area contributed by atoms with E-state index in [9.17, 15) is 9.90 Å². The van der Waals surface area contributed by atoms with Gasteiger partial charge in [-0.3, -0.25) is 0 Å². The molecule has 3 heteroatoms. The maximum absolute atomic E-state index is 12.4. The Balaban J connectivity index is 2.25. The molecule has 1 fully saturated rings. The van der Waals surface area contributed by atoms with Crippen molar-refractivity contribution in [3.63, 3.8) is 0 Å². The van der Waals surface area contributed by atoms with Gasteiger partial charge in [0, 0.05) is 5.92 Å². The first-order valence-electron chi connectivity index (χ1n) is 8.12. The van der Waals surface area contributed by atoms with E-state index in [1.54, 1.807) is 0 Å². The molecule has 3 nitrogen and oxygen atoms in total. The predicted molar refractivity (Wildman–Crippen MR) is 87.5 cm³/mol. The van der Waals surface area contributed by atoms with E-state index in [1.165, 1.54) is 5.56 Å². The molecule has 22 heavy (non-hydrogen) atoms. The molecule has 1 aliphatic carbocycles. The Morgan fingerprint density at radius 1 is 1.41 bits per heavy atom. The van der Waals surface area contributed by atoms with Gasteiger partial charge in [-0.2, -0.15) is 0 Å². The number of allylic oxidation sites excluding steroid dienone is 1. The van der Waals surface area contributed by atoms with Crippen molar-refractivity contribution >= 4 is 5.97 Å². The Hall–Kier alpha value is -1.61. The summed E-state index contributed by atoms with van der Waals surface area (Å²) in [5, 5.41) is 11.0. The molecule has 2 rings (SSSR count). The molecular weight excluding hydrogens is 276 g/mol. The van der Waals surface area contributed by atoms with E-state index in [2.05, 4.69) is 12.1 Å². The SMILES string of the molecule is CC/C=C/[C@@H]1CC(c2ccccc2)C[C@@]1(O)C(=O)OC(C)C. The number of benzene rings is 1. The third kappa shape index (κ3) is 3.58. The van der Waals surface area contributed by atoms with Gasteiger partial charge in [0.05, 0.1) is 6.10 Å². The fourth-order valence-electron chi connectivity index (χ4n) is 3.18. The molecule has 1 aromatic carbocycles. The van der Waals surface area contributed by atoms with E-state index in [0.29, 0.717) is 6.42 Å². The first kappa shape index (κ1) is 16.8. The fourth-order valence-corrected chi connectivity index (χ4v) is 3.18. The first-order chi connectivity index (χ1) is 10.5. The van der Waals surface area contributed by atoms with Crippen LogP contribution < -0.4 is 0 Å². The van der Waals surface area contributed by atoms with E-state index >= 15 is 0 Å². The van der Waals surface area contributed by atoms with Crippen LogP contribution in [0.3, 0.4) is 0 Å². The van der Waals surface area contributed by atoms with Gasteiger partial charge in [0.15, 0.2) is 5.60 Å². The topological polar surface area (TPSA) is 46.5 Å². The molecule has 0 spiro atoms. The van der Waals surface area contributed by atoms with Gasteiger partial charge >= 0.3 is 5.97 Å². The minimum Gasteiger partial charge on any atom is -0.461 e. The number of rotatable bonds is 5. The quantitative estimate of drug-likeness (QED) is 0.664. The lowest BCUT2D eigenvalue weighted by Crippen LogP contribution is -2.44. The van der Waals surface area contributed by atoms with Gasteiger partial charge in [0.2, 0.25) is 0 Å². The van der Waals surface area contributed by atoms with E-state index in [4.69, 9.17) is 4.74 Å². The van der Waals surface area contributed by atoms with Gasteiger partial charge < -0.3 is 9.84 Å². The van der Waals surface area contributed by atoms with Crippen molar-refractivity contribution < 1.29 is 14.6 Å². The van der Waals surface area contributed by atoms with Gasteiger partial charge in [-0.25, -0.2) is 4.79 Å². The number of carbonyl (C=O) groups is 1. The number of esters is 1. The number of aliphatic hydroxyl groups is 1. The molecule has 0 amide bonds. The molecule has 0 radical (unpaired) electrons. The highest BCUT2D eigenvalue weighted by Gasteiger charge is 2.52. The summed E-state index contributed by atoms with van der Waals surface area (Å²) in [4.78, 5) is 12.4. The van der Waals surface area contributed by atoms with Crippen molar-refractivity contribution in [3.8, 4) is 0 Å². The van der Waals surface area contributed by atoms with E-state index in [1.807, 2.05) is 51.1 Å². The fraction of sp³-hybridized carbons (Fsp3) is 0.526. The Kier molecular flexibility index (Phi) is 5.41. The zero-order valence-electron chi connectivity index (χ0n) is 13.7. The largest absolute Gasteiger partial charge is 0.461 e. The van der Waals surface area contributed by atoms with E-state index in [-0.39, 0.29) is 17.9 Å². The highest BCUT2D eigenvalue weighted by Crippen LogP contribution is 2.46. The number of hydrogen-bond acceptors (Lipinski definition) is 3. The molecular formula is C19H26O3. The van der Waals surface area contributed by atoms with E-state index < -0.39 is 11.6 Å². The Morgan fingerprint density at radius 2 is 2.09 bits per heavy atom. The van der Waals surface area contributed by atoms with Crippen LogP contribution in [-0.4, -0.2) is 22.8 Å². The van der Waals surface area contributed by atoms with Crippen LogP contribution in [0, 0.1) is 5.92 Å². The lowest BCUT2D eigenvalue weighted by molar-refractivity contribution is -0.171. The van der Waals surface area contributed by atoms with Crippen molar-refractivity contribution in [2.75, 3.05) is 0 Å². The van der Waals surface area contributed by atoms with Crippen molar-refractivity contribution in [2.24, 2.45) is 5.92 Å². The molecule has 1 aliphatic rings. The molecule has 1 N–H and O–H groups in total. The smallest absolute Gasteiger partial charge is 0.339 e. The normalized spacial score (nSPS) is 28.4.